The number of nitrogens with one attached hydrogen (secondary N) is 1. The van der Waals surface area contributed by atoms with Gasteiger partial charge < -0.3 is 15.0 Å². The highest BCUT2D eigenvalue weighted by Crippen LogP contribution is 2.27. The number of morpholine rings is 1. The second kappa shape index (κ2) is 6.28. The van der Waals surface area contributed by atoms with Crippen LogP contribution >= 0.6 is 0 Å². The molecular formula is C16H24FN3O. The number of nitrogens with zero attached hydrogens (tertiary/aromatic N) is 2. The van der Waals surface area contributed by atoms with Crippen molar-refractivity contribution in [2.75, 3.05) is 18.1 Å². The Morgan fingerprint density at radius 2 is 2.29 bits per heavy atom. The number of anilines is 1. The molecular weight excluding hydrogens is 269 g/mol. The first-order valence-electron chi connectivity index (χ1n) is 7.93. The Hall–Kier alpha value is -1.20. The third kappa shape index (κ3) is 3.52. The molecule has 1 aliphatic carbocycles. The molecule has 0 bridgehead atoms. The lowest BCUT2D eigenvalue weighted by Crippen LogP contribution is -2.49. The van der Waals surface area contributed by atoms with E-state index in [1.807, 2.05) is 0 Å². The molecule has 3 rings (SSSR count). The van der Waals surface area contributed by atoms with Gasteiger partial charge in [-0.3, -0.25) is 0 Å². The molecule has 2 heterocycles. The van der Waals surface area contributed by atoms with E-state index in [2.05, 4.69) is 29.0 Å². The zero-order valence-electron chi connectivity index (χ0n) is 12.8. The first kappa shape index (κ1) is 14.7. The standard InChI is InChI=1S/C16H24FN3O/c1-3-15-10-21-11(2)9-20(15)16-12(6-13(17)8-19-16)7-18-14-4-5-14/h6,8,11,14-15,18H,3-5,7,9-10H2,1-2H3. The van der Waals surface area contributed by atoms with Crippen molar-refractivity contribution in [1.82, 2.24) is 10.3 Å². The largest absolute Gasteiger partial charge is 0.375 e. The molecule has 1 aromatic rings. The molecule has 4 nitrogen and oxygen atoms in total. The SMILES string of the molecule is CCC1COC(C)CN1c1ncc(F)cc1CNC1CC1. The molecule has 0 amide bonds. The highest BCUT2D eigenvalue weighted by Gasteiger charge is 2.29. The third-order valence-corrected chi connectivity index (χ3v) is 4.28. The van der Waals surface area contributed by atoms with E-state index >= 15 is 0 Å². The van der Waals surface area contributed by atoms with Crippen LogP contribution in [0.4, 0.5) is 10.2 Å². The number of halogens is 1. The third-order valence-electron chi connectivity index (χ3n) is 4.28. The van der Waals surface area contributed by atoms with Crippen molar-refractivity contribution < 1.29 is 9.13 Å². The van der Waals surface area contributed by atoms with E-state index in [-0.39, 0.29) is 11.9 Å². The van der Waals surface area contributed by atoms with Gasteiger partial charge in [-0.15, -0.1) is 0 Å². The number of rotatable bonds is 5. The fraction of sp³-hybridized carbons (Fsp3) is 0.688. The Bertz CT molecular complexity index is 492. The summed E-state index contributed by atoms with van der Waals surface area (Å²) in [6.07, 6.45) is 4.96. The number of aromatic nitrogens is 1. The number of ether oxygens (including phenoxy) is 1. The summed E-state index contributed by atoms with van der Waals surface area (Å²) in [5.74, 6) is 0.646. The smallest absolute Gasteiger partial charge is 0.141 e. The van der Waals surface area contributed by atoms with Crippen molar-refractivity contribution in [3.05, 3.63) is 23.6 Å². The minimum absolute atomic E-state index is 0.184. The van der Waals surface area contributed by atoms with Crippen molar-refractivity contribution >= 4 is 5.82 Å². The summed E-state index contributed by atoms with van der Waals surface area (Å²) in [4.78, 5) is 6.68. The van der Waals surface area contributed by atoms with E-state index in [0.29, 0.717) is 25.2 Å². The van der Waals surface area contributed by atoms with Crippen molar-refractivity contribution in [1.29, 1.82) is 0 Å². The van der Waals surface area contributed by atoms with Crippen LogP contribution in [0.2, 0.25) is 0 Å². The minimum atomic E-state index is -0.263. The zero-order chi connectivity index (χ0) is 14.8. The molecule has 21 heavy (non-hydrogen) atoms. The Morgan fingerprint density at radius 3 is 3.00 bits per heavy atom. The van der Waals surface area contributed by atoms with Crippen LogP contribution < -0.4 is 10.2 Å². The van der Waals surface area contributed by atoms with E-state index in [0.717, 1.165) is 24.3 Å². The van der Waals surface area contributed by atoms with Gasteiger partial charge in [0.05, 0.1) is 24.9 Å². The molecule has 1 saturated heterocycles. The van der Waals surface area contributed by atoms with Gasteiger partial charge in [0, 0.05) is 24.7 Å². The van der Waals surface area contributed by atoms with Gasteiger partial charge in [-0.2, -0.15) is 0 Å². The van der Waals surface area contributed by atoms with E-state index in [4.69, 9.17) is 4.74 Å². The molecule has 0 radical (unpaired) electrons. The quantitative estimate of drug-likeness (QED) is 0.905. The van der Waals surface area contributed by atoms with Gasteiger partial charge in [0.15, 0.2) is 0 Å². The predicted molar refractivity (Wildman–Crippen MR) is 80.9 cm³/mol. The summed E-state index contributed by atoms with van der Waals surface area (Å²) in [5.41, 5.74) is 0.953. The average molecular weight is 293 g/mol. The Labute approximate surface area is 125 Å². The molecule has 0 spiro atoms. The van der Waals surface area contributed by atoms with E-state index in [1.165, 1.54) is 19.0 Å². The van der Waals surface area contributed by atoms with Crippen LogP contribution in [0.15, 0.2) is 12.3 Å². The second-order valence-corrected chi connectivity index (χ2v) is 6.15. The van der Waals surface area contributed by atoms with Gasteiger partial charge in [0.25, 0.3) is 0 Å². The predicted octanol–water partition coefficient (Wildman–Crippen LogP) is 2.48. The van der Waals surface area contributed by atoms with Crippen molar-refractivity contribution in [3.8, 4) is 0 Å². The van der Waals surface area contributed by atoms with Crippen LogP contribution in [0.1, 0.15) is 38.7 Å². The number of hydrogen-bond donors (Lipinski definition) is 1. The fourth-order valence-electron chi connectivity index (χ4n) is 2.85. The van der Waals surface area contributed by atoms with Crippen molar-refractivity contribution in [2.24, 2.45) is 0 Å². The molecule has 1 aliphatic heterocycles. The topological polar surface area (TPSA) is 37.4 Å². The number of hydrogen-bond acceptors (Lipinski definition) is 4. The lowest BCUT2D eigenvalue weighted by molar-refractivity contribution is 0.0295. The van der Waals surface area contributed by atoms with Crippen LogP contribution in [0.25, 0.3) is 0 Å². The lowest BCUT2D eigenvalue weighted by atomic mass is 10.1. The molecule has 0 aromatic carbocycles. The lowest BCUT2D eigenvalue weighted by Gasteiger charge is -2.40. The van der Waals surface area contributed by atoms with Crippen molar-refractivity contribution in [2.45, 2.75) is 57.8 Å². The number of pyridine rings is 1. The van der Waals surface area contributed by atoms with Gasteiger partial charge >= 0.3 is 0 Å². The van der Waals surface area contributed by atoms with Crippen molar-refractivity contribution in [3.63, 3.8) is 0 Å². The molecule has 5 heteroatoms. The maximum atomic E-state index is 13.6. The monoisotopic (exact) mass is 293 g/mol. The highest BCUT2D eigenvalue weighted by molar-refractivity contribution is 5.48. The summed E-state index contributed by atoms with van der Waals surface area (Å²) in [7, 11) is 0. The molecule has 1 N–H and O–H groups in total. The van der Waals surface area contributed by atoms with Gasteiger partial charge in [-0.25, -0.2) is 9.37 Å². The normalized spacial score (nSPS) is 26.1. The van der Waals surface area contributed by atoms with Gasteiger partial charge in [0.1, 0.15) is 11.6 Å². The molecule has 2 fully saturated rings. The molecule has 1 aromatic heterocycles. The molecule has 116 valence electrons. The molecule has 2 unspecified atom stereocenters. The maximum absolute atomic E-state index is 13.6. The fourth-order valence-corrected chi connectivity index (χ4v) is 2.85. The first-order chi connectivity index (χ1) is 10.2. The minimum Gasteiger partial charge on any atom is -0.375 e. The summed E-state index contributed by atoms with van der Waals surface area (Å²) in [6, 6.07) is 2.54. The summed E-state index contributed by atoms with van der Waals surface area (Å²) in [5, 5.41) is 3.46. The van der Waals surface area contributed by atoms with Crippen LogP contribution in [-0.4, -0.2) is 36.3 Å². The molecule has 2 aliphatic rings. The Balaban J connectivity index is 1.83. The second-order valence-electron chi connectivity index (χ2n) is 6.15. The first-order valence-corrected chi connectivity index (χ1v) is 7.93. The molecule has 2 atom stereocenters. The summed E-state index contributed by atoms with van der Waals surface area (Å²) < 4.78 is 19.3. The maximum Gasteiger partial charge on any atom is 0.141 e. The average Bonchev–Trinajstić information content (AvgIpc) is 3.29. The van der Waals surface area contributed by atoms with Crippen LogP contribution in [0.3, 0.4) is 0 Å². The van der Waals surface area contributed by atoms with E-state index in [9.17, 15) is 4.39 Å². The molecule has 1 saturated carbocycles. The van der Waals surface area contributed by atoms with E-state index < -0.39 is 0 Å². The van der Waals surface area contributed by atoms with Gasteiger partial charge in [-0.05, 0) is 32.3 Å². The van der Waals surface area contributed by atoms with Crippen LogP contribution in [0.5, 0.6) is 0 Å². The Morgan fingerprint density at radius 1 is 1.48 bits per heavy atom. The van der Waals surface area contributed by atoms with Gasteiger partial charge in [0.2, 0.25) is 0 Å². The highest BCUT2D eigenvalue weighted by atomic mass is 19.1. The van der Waals surface area contributed by atoms with Gasteiger partial charge in [-0.1, -0.05) is 6.92 Å². The van der Waals surface area contributed by atoms with Crippen LogP contribution in [-0.2, 0) is 11.3 Å². The van der Waals surface area contributed by atoms with E-state index in [1.54, 1.807) is 6.07 Å². The zero-order valence-corrected chi connectivity index (χ0v) is 12.8. The Kier molecular flexibility index (Phi) is 4.40. The summed E-state index contributed by atoms with van der Waals surface area (Å²) >= 11 is 0. The van der Waals surface area contributed by atoms with Crippen LogP contribution in [0, 0.1) is 5.82 Å². The summed E-state index contributed by atoms with van der Waals surface area (Å²) in [6.45, 7) is 6.44.